The third-order valence-corrected chi connectivity index (χ3v) is 3.78. The fraction of sp³-hybridized carbons (Fsp3) is 0.583. The van der Waals surface area contributed by atoms with Crippen molar-refractivity contribution in [1.82, 2.24) is 0 Å². The SMILES string of the molecule is O=C(CCC1CCCC1)c1ccsc1. The quantitative estimate of drug-likeness (QED) is 0.686. The summed E-state index contributed by atoms with van der Waals surface area (Å²) >= 11 is 1.61. The zero-order valence-corrected chi connectivity index (χ0v) is 9.19. The summed E-state index contributed by atoms with van der Waals surface area (Å²) in [4.78, 5) is 11.7. The van der Waals surface area contributed by atoms with E-state index in [0.717, 1.165) is 24.3 Å². The highest BCUT2D eigenvalue weighted by Crippen LogP contribution is 2.29. The molecule has 1 saturated carbocycles. The van der Waals surface area contributed by atoms with E-state index >= 15 is 0 Å². The molecule has 14 heavy (non-hydrogen) atoms. The number of Topliss-reactive ketones (excluding diaryl/α,β-unsaturated/α-hetero) is 1. The molecule has 0 radical (unpaired) electrons. The predicted octanol–water partition coefficient (Wildman–Crippen LogP) is 3.90. The van der Waals surface area contributed by atoms with Crippen LogP contribution < -0.4 is 0 Å². The third kappa shape index (κ3) is 2.44. The van der Waals surface area contributed by atoms with Crippen molar-refractivity contribution in [3.05, 3.63) is 22.4 Å². The van der Waals surface area contributed by atoms with Crippen LogP contribution in [-0.2, 0) is 0 Å². The van der Waals surface area contributed by atoms with E-state index in [2.05, 4.69) is 0 Å². The van der Waals surface area contributed by atoms with Crippen molar-refractivity contribution in [2.75, 3.05) is 0 Å². The molecule has 1 aromatic heterocycles. The summed E-state index contributed by atoms with van der Waals surface area (Å²) in [6.45, 7) is 0. The molecule has 1 fully saturated rings. The van der Waals surface area contributed by atoms with Crippen LogP contribution in [0.4, 0.5) is 0 Å². The standard InChI is InChI=1S/C12H16OS/c13-12(11-7-8-14-9-11)6-5-10-3-1-2-4-10/h7-10H,1-6H2. The first-order chi connectivity index (χ1) is 6.86. The Morgan fingerprint density at radius 2 is 2.21 bits per heavy atom. The monoisotopic (exact) mass is 208 g/mol. The number of hydrogen-bond donors (Lipinski definition) is 0. The van der Waals surface area contributed by atoms with Gasteiger partial charge in [0, 0.05) is 17.4 Å². The van der Waals surface area contributed by atoms with Gasteiger partial charge in [-0.2, -0.15) is 11.3 Å². The Kier molecular flexibility index (Phi) is 3.35. The fourth-order valence-corrected chi connectivity index (χ4v) is 2.86. The van der Waals surface area contributed by atoms with Crippen molar-refractivity contribution < 1.29 is 4.79 Å². The summed E-state index contributed by atoms with van der Waals surface area (Å²) in [5, 5.41) is 3.93. The van der Waals surface area contributed by atoms with E-state index in [4.69, 9.17) is 0 Å². The number of thiophene rings is 1. The van der Waals surface area contributed by atoms with Gasteiger partial charge in [-0.25, -0.2) is 0 Å². The molecule has 0 bridgehead atoms. The molecule has 1 aliphatic rings. The normalized spacial score (nSPS) is 17.4. The molecule has 76 valence electrons. The number of carbonyl (C=O) groups is 1. The van der Waals surface area contributed by atoms with Crippen LogP contribution in [-0.4, -0.2) is 5.78 Å². The molecule has 0 unspecified atom stereocenters. The lowest BCUT2D eigenvalue weighted by molar-refractivity contribution is 0.0974. The highest BCUT2D eigenvalue weighted by Gasteiger charge is 2.16. The topological polar surface area (TPSA) is 17.1 Å². The summed E-state index contributed by atoms with van der Waals surface area (Å²) < 4.78 is 0. The van der Waals surface area contributed by atoms with Gasteiger partial charge in [0.15, 0.2) is 5.78 Å². The van der Waals surface area contributed by atoms with E-state index in [9.17, 15) is 4.79 Å². The molecule has 1 aromatic rings. The van der Waals surface area contributed by atoms with E-state index in [1.165, 1.54) is 25.7 Å². The third-order valence-electron chi connectivity index (χ3n) is 3.10. The lowest BCUT2D eigenvalue weighted by atomic mass is 9.98. The smallest absolute Gasteiger partial charge is 0.163 e. The average Bonchev–Trinajstić information content (AvgIpc) is 2.87. The van der Waals surface area contributed by atoms with E-state index in [1.54, 1.807) is 11.3 Å². The van der Waals surface area contributed by atoms with Gasteiger partial charge in [-0.3, -0.25) is 4.79 Å². The minimum Gasteiger partial charge on any atom is -0.294 e. The highest BCUT2D eigenvalue weighted by molar-refractivity contribution is 7.08. The molecular weight excluding hydrogens is 192 g/mol. The Bertz CT molecular complexity index is 283. The Labute approximate surface area is 89.1 Å². The van der Waals surface area contributed by atoms with Crippen LogP contribution in [0.1, 0.15) is 48.9 Å². The van der Waals surface area contributed by atoms with Gasteiger partial charge in [0.25, 0.3) is 0 Å². The molecule has 0 aliphatic heterocycles. The van der Waals surface area contributed by atoms with Gasteiger partial charge in [0.1, 0.15) is 0 Å². The second-order valence-electron chi connectivity index (χ2n) is 4.12. The lowest BCUT2D eigenvalue weighted by Crippen LogP contribution is -2.01. The van der Waals surface area contributed by atoms with Gasteiger partial charge in [-0.05, 0) is 23.8 Å². The zero-order valence-electron chi connectivity index (χ0n) is 8.37. The van der Waals surface area contributed by atoms with Crippen LogP contribution in [0.5, 0.6) is 0 Å². The van der Waals surface area contributed by atoms with E-state index < -0.39 is 0 Å². The summed E-state index contributed by atoms with van der Waals surface area (Å²) in [7, 11) is 0. The number of carbonyl (C=O) groups excluding carboxylic acids is 1. The van der Waals surface area contributed by atoms with Gasteiger partial charge >= 0.3 is 0 Å². The van der Waals surface area contributed by atoms with Crippen LogP contribution in [0.2, 0.25) is 0 Å². The second kappa shape index (κ2) is 4.74. The summed E-state index contributed by atoms with van der Waals surface area (Å²) in [6, 6.07) is 1.93. The summed E-state index contributed by atoms with van der Waals surface area (Å²) in [6.07, 6.45) is 7.29. The summed E-state index contributed by atoms with van der Waals surface area (Å²) in [5.41, 5.74) is 0.910. The Balaban J connectivity index is 1.78. The maximum absolute atomic E-state index is 11.7. The van der Waals surface area contributed by atoms with Crippen LogP contribution >= 0.6 is 11.3 Å². The highest BCUT2D eigenvalue weighted by atomic mass is 32.1. The van der Waals surface area contributed by atoms with Crippen LogP contribution in [0, 0.1) is 5.92 Å². The lowest BCUT2D eigenvalue weighted by Gasteiger charge is -2.06. The predicted molar refractivity (Wildman–Crippen MR) is 59.8 cm³/mol. The van der Waals surface area contributed by atoms with Gasteiger partial charge in [0.2, 0.25) is 0 Å². The first kappa shape index (κ1) is 9.91. The largest absolute Gasteiger partial charge is 0.294 e. The first-order valence-corrected chi connectivity index (χ1v) is 6.36. The Morgan fingerprint density at radius 3 is 2.86 bits per heavy atom. The van der Waals surface area contributed by atoms with E-state index in [0.29, 0.717) is 5.78 Å². The number of ketones is 1. The molecule has 1 aliphatic carbocycles. The van der Waals surface area contributed by atoms with Gasteiger partial charge < -0.3 is 0 Å². The van der Waals surface area contributed by atoms with Gasteiger partial charge in [0.05, 0.1) is 0 Å². The van der Waals surface area contributed by atoms with Crippen LogP contribution in [0.3, 0.4) is 0 Å². The Hall–Kier alpha value is -0.630. The van der Waals surface area contributed by atoms with Crippen molar-refractivity contribution in [3.8, 4) is 0 Å². The number of hydrogen-bond acceptors (Lipinski definition) is 2. The molecular formula is C12H16OS. The maximum Gasteiger partial charge on any atom is 0.163 e. The second-order valence-corrected chi connectivity index (χ2v) is 4.90. The van der Waals surface area contributed by atoms with E-state index in [1.807, 2.05) is 16.8 Å². The van der Waals surface area contributed by atoms with Crippen molar-refractivity contribution in [1.29, 1.82) is 0 Å². The van der Waals surface area contributed by atoms with Crippen molar-refractivity contribution >= 4 is 17.1 Å². The number of rotatable bonds is 4. The van der Waals surface area contributed by atoms with Crippen molar-refractivity contribution in [2.24, 2.45) is 5.92 Å². The summed E-state index contributed by atoms with van der Waals surface area (Å²) in [5.74, 6) is 1.16. The van der Waals surface area contributed by atoms with Gasteiger partial charge in [-0.1, -0.05) is 25.7 Å². The first-order valence-electron chi connectivity index (χ1n) is 5.41. The molecule has 1 nitrogen and oxygen atoms in total. The van der Waals surface area contributed by atoms with Crippen LogP contribution in [0.25, 0.3) is 0 Å². The molecule has 0 saturated heterocycles. The molecule has 0 amide bonds. The molecule has 0 aromatic carbocycles. The van der Waals surface area contributed by atoms with E-state index in [-0.39, 0.29) is 0 Å². The minimum atomic E-state index is 0.332. The zero-order chi connectivity index (χ0) is 9.80. The molecule has 0 spiro atoms. The van der Waals surface area contributed by atoms with Crippen molar-refractivity contribution in [3.63, 3.8) is 0 Å². The fourth-order valence-electron chi connectivity index (χ4n) is 2.20. The molecule has 2 heteroatoms. The van der Waals surface area contributed by atoms with Crippen molar-refractivity contribution in [2.45, 2.75) is 38.5 Å². The minimum absolute atomic E-state index is 0.332. The molecule has 0 N–H and O–H groups in total. The maximum atomic E-state index is 11.7. The molecule has 1 heterocycles. The van der Waals surface area contributed by atoms with Gasteiger partial charge in [-0.15, -0.1) is 0 Å². The average molecular weight is 208 g/mol. The Morgan fingerprint density at radius 1 is 1.43 bits per heavy atom. The van der Waals surface area contributed by atoms with Crippen LogP contribution in [0.15, 0.2) is 16.8 Å². The molecule has 2 rings (SSSR count). The molecule has 0 atom stereocenters.